The minimum atomic E-state index is 0.624. The van der Waals surface area contributed by atoms with Gasteiger partial charge in [-0.05, 0) is 97.4 Å². The number of nitrogens with zero attached hydrogens (tertiary/aromatic N) is 4. The minimum absolute atomic E-state index is 0.624. The molecule has 3 aromatic heterocycles. The number of benzene rings is 11. The van der Waals surface area contributed by atoms with Crippen LogP contribution in [0.25, 0.3) is 136 Å². The summed E-state index contributed by atoms with van der Waals surface area (Å²) < 4.78 is 5.00. The molecule has 4 nitrogen and oxygen atoms in total. The Hall–Kier alpha value is -8.51. The van der Waals surface area contributed by atoms with E-state index in [2.05, 4.69) is 205 Å². The third kappa shape index (κ3) is 5.67. The average Bonchev–Trinajstić information content (AvgIpc) is 3.92. The maximum atomic E-state index is 5.52. The zero-order chi connectivity index (χ0) is 43.3. The Balaban J connectivity index is 1.12. The molecule has 0 aliphatic carbocycles. The van der Waals surface area contributed by atoms with Gasteiger partial charge in [0.2, 0.25) is 0 Å². The lowest BCUT2D eigenvalue weighted by Gasteiger charge is -2.20. The van der Waals surface area contributed by atoms with Crippen LogP contribution in [0.15, 0.2) is 218 Å². The van der Waals surface area contributed by atoms with E-state index < -0.39 is 0 Å². The van der Waals surface area contributed by atoms with Gasteiger partial charge in [0, 0.05) is 53.0 Å². The first-order valence-electron chi connectivity index (χ1n) is 22.3. The van der Waals surface area contributed by atoms with Crippen LogP contribution in [-0.4, -0.2) is 19.5 Å². The largest absolute Gasteiger partial charge is 0.309 e. The van der Waals surface area contributed by atoms with Crippen molar-refractivity contribution in [3.8, 4) is 51.0 Å². The van der Waals surface area contributed by atoms with Crippen LogP contribution >= 0.6 is 11.3 Å². The summed E-state index contributed by atoms with van der Waals surface area (Å²) in [5.41, 5.74) is 8.41. The molecule has 0 amide bonds. The smallest absolute Gasteiger partial charge is 0.165 e. The molecule has 0 spiro atoms. The van der Waals surface area contributed by atoms with Crippen molar-refractivity contribution in [2.75, 3.05) is 0 Å². The Morgan fingerprint density at radius 1 is 0.318 bits per heavy atom. The predicted molar refractivity (Wildman–Crippen MR) is 279 cm³/mol. The van der Waals surface area contributed by atoms with Crippen molar-refractivity contribution in [1.29, 1.82) is 0 Å². The van der Waals surface area contributed by atoms with Crippen LogP contribution in [0.2, 0.25) is 0 Å². The fourth-order valence-electron chi connectivity index (χ4n) is 10.4. The summed E-state index contributed by atoms with van der Waals surface area (Å²) >= 11 is 1.81. The van der Waals surface area contributed by atoms with E-state index in [4.69, 9.17) is 15.0 Å². The molecule has 0 saturated carbocycles. The summed E-state index contributed by atoms with van der Waals surface area (Å²) in [6.45, 7) is 0. The molecule has 0 saturated heterocycles. The molecular weight excluding hydrogens is 821 g/mol. The quantitative estimate of drug-likeness (QED) is 0.173. The maximum Gasteiger partial charge on any atom is 0.165 e. The van der Waals surface area contributed by atoms with Crippen molar-refractivity contribution in [2.24, 2.45) is 0 Å². The summed E-state index contributed by atoms with van der Waals surface area (Å²) in [5.74, 6) is 1.89. The molecule has 0 bridgehead atoms. The van der Waals surface area contributed by atoms with Crippen LogP contribution < -0.4 is 0 Å². The fourth-order valence-corrected chi connectivity index (χ4v) is 11.5. The topological polar surface area (TPSA) is 43.6 Å². The van der Waals surface area contributed by atoms with E-state index in [1.807, 2.05) is 29.5 Å². The van der Waals surface area contributed by atoms with Crippen molar-refractivity contribution in [3.05, 3.63) is 218 Å². The predicted octanol–water partition coefficient (Wildman–Crippen LogP) is 16.6. The summed E-state index contributed by atoms with van der Waals surface area (Å²) in [5, 5.41) is 14.3. The molecular formula is C61H36N4S. The number of thiophene rings is 1. The maximum absolute atomic E-state index is 5.52. The lowest BCUT2D eigenvalue weighted by atomic mass is 9.89. The number of aromatic nitrogens is 4. The second-order valence-electron chi connectivity index (χ2n) is 17.1. The summed E-state index contributed by atoms with van der Waals surface area (Å²) in [6, 6.07) is 78.9. The monoisotopic (exact) mass is 856 g/mol. The highest BCUT2D eigenvalue weighted by Crippen LogP contribution is 2.46. The number of hydrogen-bond donors (Lipinski definition) is 0. The Bertz CT molecular complexity index is 4290. The van der Waals surface area contributed by atoms with Gasteiger partial charge < -0.3 is 4.57 Å². The molecule has 0 aliphatic heterocycles. The molecule has 14 aromatic rings. The molecule has 66 heavy (non-hydrogen) atoms. The van der Waals surface area contributed by atoms with Crippen molar-refractivity contribution < 1.29 is 0 Å². The first kappa shape index (κ1) is 36.9. The first-order valence-corrected chi connectivity index (χ1v) is 23.2. The molecule has 0 radical (unpaired) electrons. The molecule has 0 aliphatic rings. The third-order valence-corrected chi connectivity index (χ3v) is 14.5. The van der Waals surface area contributed by atoms with E-state index in [9.17, 15) is 0 Å². The molecule has 3 heterocycles. The zero-order valence-electron chi connectivity index (χ0n) is 35.5. The normalized spacial score (nSPS) is 11.9. The second kappa shape index (κ2) is 14.5. The zero-order valence-corrected chi connectivity index (χ0v) is 36.3. The van der Waals surface area contributed by atoms with Crippen LogP contribution in [0.3, 0.4) is 0 Å². The van der Waals surface area contributed by atoms with Crippen molar-refractivity contribution in [1.82, 2.24) is 19.5 Å². The van der Waals surface area contributed by atoms with Gasteiger partial charge in [-0.15, -0.1) is 11.3 Å². The summed E-state index contributed by atoms with van der Waals surface area (Å²) in [4.78, 5) is 16.2. The van der Waals surface area contributed by atoms with E-state index in [0.29, 0.717) is 17.5 Å². The van der Waals surface area contributed by atoms with Crippen LogP contribution in [0.5, 0.6) is 0 Å². The van der Waals surface area contributed by atoms with Crippen LogP contribution in [0, 0.1) is 0 Å². The Labute approximate surface area is 383 Å². The van der Waals surface area contributed by atoms with Gasteiger partial charge in [-0.3, -0.25) is 0 Å². The van der Waals surface area contributed by atoms with Gasteiger partial charge in [0.25, 0.3) is 0 Å². The highest BCUT2D eigenvalue weighted by atomic mass is 32.1. The van der Waals surface area contributed by atoms with Gasteiger partial charge in [-0.1, -0.05) is 170 Å². The van der Waals surface area contributed by atoms with E-state index in [1.54, 1.807) is 0 Å². The van der Waals surface area contributed by atoms with Gasteiger partial charge in [0.05, 0.1) is 16.7 Å². The summed E-state index contributed by atoms with van der Waals surface area (Å²) in [6.07, 6.45) is 0. The van der Waals surface area contributed by atoms with Crippen molar-refractivity contribution in [2.45, 2.75) is 0 Å². The molecule has 0 unspecified atom stereocenters. The number of fused-ring (bicyclic) bond motifs is 11. The van der Waals surface area contributed by atoms with Crippen LogP contribution in [0.4, 0.5) is 0 Å². The number of hydrogen-bond acceptors (Lipinski definition) is 4. The molecule has 0 fully saturated rings. The van der Waals surface area contributed by atoms with Gasteiger partial charge in [0.1, 0.15) is 0 Å². The first-order chi connectivity index (χ1) is 32.7. The van der Waals surface area contributed by atoms with E-state index in [-0.39, 0.29) is 0 Å². The standard InChI is InChI=1S/C61H36N4S/c1-2-17-39(18-3-1)59-62-60(42-30-32-56-49(34-42)47-25-12-13-28-55(47)66-56)64-61(63-59)58-48-26-11-10-24-46(48)54(36-50(58)45-27-14-21-37-15-6-8-22-43(37)45)65-52-31-29-38-16-7-9-23-44(38)57(52)51-33-40-19-4-5-20-41(40)35-53(51)65/h1-36H. The van der Waals surface area contributed by atoms with E-state index in [1.165, 1.54) is 57.9 Å². The lowest BCUT2D eigenvalue weighted by molar-refractivity contribution is 1.08. The SMILES string of the molecule is c1ccc(-c2nc(-c3ccc4sc5ccccc5c4c3)nc(-c3c(-c4cccc5ccccc45)cc(-n4c5cc6ccccc6cc5c5c6ccccc6ccc54)c4ccccc34)n2)cc1. The Morgan fingerprint density at radius 2 is 0.924 bits per heavy atom. The molecule has 0 N–H and O–H groups in total. The molecule has 0 atom stereocenters. The van der Waals surface area contributed by atoms with Crippen molar-refractivity contribution in [3.63, 3.8) is 0 Å². The third-order valence-electron chi connectivity index (χ3n) is 13.4. The van der Waals surface area contributed by atoms with Crippen molar-refractivity contribution >= 4 is 96.4 Å². The Kier molecular flexibility index (Phi) is 8.12. The highest BCUT2D eigenvalue weighted by Gasteiger charge is 2.25. The second-order valence-corrected chi connectivity index (χ2v) is 18.2. The number of rotatable bonds is 5. The average molecular weight is 857 g/mol. The lowest BCUT2D eigenvalue weighted by Crippen LogP contribution is -2.04. The summed E-state index contributed by atoms with van der Waals surface area (Å²) in [7, 11) is 0. The van der Waals surface area contributed by atoms with E-state index in [0.717, 1.165) is 60.7 Å². The van der Waals surface area contributed by atoms with Gasteiger partial charge >= 0.3 is 0 Å². The van der Waals surface area contributed by atoms with Gasteiger partial charge in [0.15, 0.2) is 17.5 Å². The van der Waals surface area contributed by atoms with Crippen LogP contribution in [-0.2, 0) is 0 Å². The van der Waals surface area contributed by atoms with E-state index >= 15 is 0 Å². The van der Waals surface area contributed by atoms with Crippen LogP contribution in [0.1, 0.15) is 0 Å². The molecule has 14 rings (SSSR count). The molecule has 11 aromatic carbocycles. The molecule has 5 heteroatoms. The fraction of sp³-hybridized carbons (Fsp3) is 0. The Morgan fingerprint density at radius 3 is 1.74 bits per heavy atom. The molecule has 306 valence electrons. The highest BCUT2D eigenvalue weighted by molar-refractivity contribution is 7.25. The minimum Gasteiger partial charge on any atom is -0.309 e. The van der Waals surface area contributed by atoms with Gasteiger partial charge in [-0.2, -0.15) is 0 Å². The van der Waals surface area contributed by atoms with Gasteiger partial charge in [-0.25, -0.2) is 15.0 Å².